The van der Waals surface area contributed by atoms with Crippen LogP contribution in [0.3, 0.4) is 0 Å². The molecule has 0 aromatic heterocycles. The Kier molecular flexibility index (Phi) is 14.6. The number of guanidine groups is 1. The highest BCUT2D eigenvalue weighted by Gasteiger charge is 2.12. The molecule has 0 spiro atoms. The molecule has 0 aromatic carbocycles. The molecular weight excluding hydrogens is 407 g/mol. The van der Waals surface area contributed by atoms with Gasteiger partial charge in [-0.1, -0.05) is 32.1 Å². The molecule has 1 saturated carbocycles. The molecule has 0 saturated heterocycles. The van der Waals surface area contributed by atoms with Crippen molar-refractivity contribution in [3.63, 3.8) is 0 Å². The monoisotopic (exact) mass is 440 g/mol. The van der Waals surface area contributed by atoms with E-state index in [4.69, 9.17) is 4.74 Å². The minimum Gasteiger partial charge on any atom is -0.383 e. The predicted octanol–water partition coefficient (Wildman–Crippen LogP) is 1.89. The topological polar surface area (TPSA) is 74.8 Å². The van der Waals surface area contributed by atoms with Gasteiger partial charge < -0.3 is 20.7 Å². The van der Waals surface area contributed by atoms with Gasteiger partial charge in [0.2, 0.25) is 5.91 Å². The Balaban J connectivity index is 0.00000484. The van der Waals surface area contributed by atoms with E-state index in [2.05, 4.69) is 20.9 Å². The molecule has 0 heterocycles. The van der Waals surface area contributed by atoms with Crippen molar-refractivity contribution < 1.29 is 9.53 Å². The summed E-state index contributed by atoms with van der Waals surface area (Å²) in [5.41, 5.74) is 0. The Bertz CT molecular complexity index is 334. The van der Waals surface area contributed by atoms with Crippen LogP contribution in [0.4, 0.5) is 0 Å². The number of ether oxygens (including phenoxy) is 1. The quantitative estimate of drug-likeness (QED) is 0.222. The Hall–Kier alpha value is -0.570. The Labute approximate surface area is 157 Å². The molecule has 0 aromatic rings. The minimum atomic E-state index is -0.0535. The lowest BCUT2D eigenvalue weighted by atomic mass is 9.86. The summed E-state index contributed by atoms with van der Waals surface area (Å²) in [6.07, 6.45) is 9.47. The van der Waals surface area contributed by atoms with Crippen LogP contribution in [0.25, 0.3) is 0 Å². The van der Waals surface area contributed by atoms with Crippen molar-refractivity contribution in [2.45, 2.75) is 44.9 Å². The molecule has 0 aliphatic heterocycles. The van der Waals surface area contributed by atoms with Crippen molar-refractivity contribution in [1.29, 1.82) is 0 Å². The summed E-state index contributed by atoms with van der Waals surface area (Å²) >= 11 is 0. The summed E-state index contributed by atoms with van der Waals surface area (Å²) < 4.78 is 4.88. The second kappa shape index (κ2) is 15.0. The number of amides is 1. The van der Waals surface area contributed by atoms with Gasteiger partial charge in [-0.15, -0.1) is 24.0 Å². The molecule has 0 unspecified atom stereocenters. The third-order valence-corrected chi connectivity index (χ3v) is 4.07. The molecule has 3 N–H and O–H groups in total. The first-order valence-corrected chi connectivity index (χ1v) is 8.46. The molecule has 7 heteroatoms. The number of carbonyl (C=O) groups is 1. The SMILES string of the molecule is CN=C(NCCCC1CCCCC1)NCC(=O)NCCOC.I. The van der Waals surface area contributed by atoms with E-state index in [0.29, 0.717) is 19.1 Å². The van der Waals surface area contributed by atoms with Gasteiger partial charge in [-0.3, -0.25) is 9.79 Å². The van der Waals surface area contributed by atoms with Gasteiger partial charge in [0, 0.05) is 27.2 Å². The summed E-state index contributed by atoms with van der Waals surface area (Å²) in [6.45, 7) is 2.19. The van der Waals surface area contributed by atoms with Crippen LogP contribution < -0.4 is 16.0 Å². The van der Waals surface area contributed by atoms with Gasteiger partial charge in [0.05, 0.1) is 13.2 Å². The number of hydrogen-bond donors (Lipinski definition) is 3. The molecule has 136 valence electrons. The van der Waals surface area contributed by atoms with E-state index >= 15 is 0 Å². The van der Waals surface area contributed by atoms with Crippen molar-refractivity contribution >= 4 is 35.8 Å². The van der Waals surface area contributed by atoms with Crippen molar-refractivity contribution in [1.82, 2.24) is 16.0 Å². The number of nitrogens with zero attached hydrogens (tertiary/aromatic N) is 1. The van der Waals surface area contributed by atoms with Gasteiger partial charge >= 0.3 is 0 Å². The maximum Gasteiger partial charge on any atom is 0.239 e. The minimum absolute atomic E-state index is 0. The summed E-state index contributed by atoms with van der Waals surface area (Å²) in [7, 11) is 3.34. The van der Waals surface area contributed by atoms with E-state index < -0.39 is 0 Å². The Morgan fingerprint density at radius 2 is 1.87 bits per heavy atom. The van der Waals surface area contributed by atoms with Crippen molar-refractivity contribution in [3.8, 4) is 0 Å². The van der Waals surface area contributed by atoms with Crippen LogP contribution in [0.5, 0.6) is 0 Å². The highest BCUT2D eigenvalue weighted by molar-refractivity contribution is 14.0. The molecule has 0 bridgehead atoms. The number of carbonyl (C=O) groups excluding carboxylic acids is 1. The molecule has 1 fully saturated rings. The number of rotatable bonds is 9. The molecule has 0 radical (unpaired) electrons. The standard InChI is InChI=1S/C16H32N4O2.HI/c1-17-16(20-13-15(21)18-11-12-22-2)19-10-6-9-14-7-4-3-5-8-14;/h14H,3-13H2,1-2H3,(H,18,21)(H2,17,19,20);1H. The van der Waals surface area contributed by atoms with Gasteiger partial charge in [-0.25, -0.2) is 0 Å². The third-order valence-electron chi connectivity index (χ3n) is 4.07. The Morgan fingerprint density at radius 1 is 1.13 bits per heavy atom. The smallest absolute Gasteiger partial charge is 0.239 e. The molecule has 1 aliphatic carbocycles. The zero-order chi connectivity index (χ0) is 16.0. The van der Waals surface area contributed by atoms with Crippen LogP contribution in [-0.4, -0.2) is 52.3 Å². The number of methoxy groups -OCH3 is 1. The highest BCUT2D eigenvalue weighted by atomic mass is 127. The molecule has 1 amide bonds. The molecule has 0 atom stereocenters. The largest absolute Gasteiger partial charge is 0.383 e. The second-order valence-corrected chi connectivity index (χ2v) is 5.84. The highest BCUT2D eigenvalue weighted by Crippen LogP contribution is 2.26. The zero-order valence-corrected chi connectivity index (χ0v) is 16.9. The molecule has 1 rings (SSSR count). The molecular formula is C16H33IN4O2. The van der Waals surface area contributed by atoms with E-state index in [1.807, 2.05) is 0 Å². The van der Waals surface area contributed by atoms with Crippen LogP contribution in [0.1, 0.15) is 44.9 Å². The second-order valence-electron chi connectivity index (χ2n) is 5.84. The van der Waals surface area contributed by atoms with Gasteiger partial charge in [0.15, 0.2) is 5.96 Å². The third kappa shape index (κ3) is 11.6. The summed E-state index contributed by atoms with van der Waals surface area (Å²) in [6, 6.07) is 0. The predicted molar refractivity (Wildman–Crippen MR) is 105 cm³/mol. The summed E-state index contributed by atoms with van der Waals surface area (Å²) in [5.74, 6) is 1.55. The fourth-order valence-corrected chi connectivity index (χ4v) is 2.81. The van der Waals surface area contributed by atoms with Crippen LogP contribution in [-0.2, 0) is 9.53 Å². The lowest BCUT2D eigenvalue weighted by molar-refractivity contribution is -0.120. The van der Waals surface area contributed by atoms with E-state index in [1.54, 1.807) is 14.2 Å². The summed E-state index contributed by atoms with van der Waals surface area (Å²) in [4.78, 5) is 15.7. The van der Waals surface area contributed by atoms with Crippen LogP contribution in [0, 0.1) is 5.92 Å². The molecule has 23 heavy (non-hydrogen) atoms. The first kappa shape index (κ1) is 22.4. The molecule has 6 nitrogen and oxygen atoms in total. The maximum atomic E-state index is 11.6. The van der Waals surface area contributed by atoms with E-state index in [1.165, 1.54) is 38.5 Å². The van der Waals surface area contributed by atoms with Crippen molar-refractivity contribution in [2.75, 3.05) is 40.4 Å². The van der Waals surface area contributed by atoms with E-state index in [0.717, 1.165) is 18.9 Å². The number of aliphatic imine (C=N–C) groups is 1. The molecule has 1 aliphatic rings. The number of hydrogen-bond acceptors (Lipinski definition) is 3. The first-order chi connectivity index (χ1) is 10.8. The van der Waals surface area contributed by atoms with Crippen molar-refractivity contribution in [3.05, 3.63) is 0 Å². The average molecular weight is 440 g/mol. The summed E-state index contributed by atoms with van der Waals surface area (Å²) in [5, 5.41) is 9.05. The van der Waals surface area contributed by atoms with Gasteiger partial charge in [0.1, 0.15) is 0 Å². The fourth-order valence-electron chi connectivity index (χ4n) is 2.81. The van der Waals surface area contributed by atoms with E-state index in [9.17, 15) is 4.79 Å². The lowest BCUT2D eigenvalue weighted by Gasteiger charge is -2.21. The van der Waals surface area contributed by atoms with Gasteiger partial charge in [0.25, 0.3) is 0 Å². The Morgan fingerprint density at radius 3 is 2.52 bits per heavy atom. The van der Waals surface area contributed by atoms with Crippen molar-refractivity contribution in [2.24, 2.45) is 10.9 Å². The van der Waals surface area contributed by atoms with Crippen LogP contribution >= 0.6 is 24.0 Å². The van der Waals surface area contributed by atoms with Crippen LogP contribution in [0.15, 0.2) is 4.99 Å². The number of nitrogens with one attached hydrogen (secondary N) is 3. The first-order valence-electron chi connectivity index (χ1n) is 8.46. The average Bonchev–Trinajstić information content (AvgIpc) is 2.55. The number of halogens is 1. The maximum absolute atomic E-state index is 11.6. The van der Waals surface area contributed by atoms with Gasteiger partial charge in [-0.05, 0) is 18.8 Å². The van der Waals surface area contributed by atoms with E-state index in [-0.39, 0.29) is 36.4 Å². The normalized spacial score (nSPS) is 15.7. The van der Waals surface area contributed by atoms with Crippen LogP contribution in [0.2, 0.25) is 0 Å². The lowest BCUT2D eigenvalue weighted by Crippen LogP contribution is -2.43. The zero-order valence-electron chi connectivity index (χ0n) is 14.5. The fraction of sp³-hybridized carbons (Fsp3) is 0.875. The van der Waals surface area contributed by atoms with Gasteiger partial charge in [-0.2, -0.15) is 0 Å².